The van der Waals surface area contributed by atoms with Gasteiger partial charge in [-0.1, -0.05) is 6.07 Å². The lowest BCUT2D eigenvalue weighted by molar-refractivity contribution is -0.148. The summed E-state index contributed by atoms with van der Waals surface area (Å²) in [5.41, 5.74) is 0.372. The molecular weight excluding hydrogens is 410 g/mol. The van der Waals surface area contributed by atoms with Crippen molar-refractivity contribution < 1.29 is 28.6 Å². The molecule has 0 aliphatic carbocycles. The lowest BCUT2D eigenvalue weighted by Gasteiger charge is -2.36. The smallest absolute Gasteiger partial charge is 0.308 e. The number of rotatable bonds is 9. The van der Waals surface area contributed by atoms with Crippen LogP contribution < -0.4 is 15.4 Å². The third-order valence-electron chi connectivity index (χ3n) is 4.27. The molecule has 9 nitrogen and oxygen atoms in total. The zero-order valence-electron chi connectivity index (χ0n) is 17.1. The molecule has 2 N–H and O–H groups in total. The first kappa shape index (κ1) is 23.6. The van der Waals surface area contributed by atoms with Crippen LogP contribution in [-0.4, -0.2) is 73.4 Å². The zero-order chi connectivity index (χ0) is 21.9. The Morgan fingerprint density at radius 1 is 1.27 bits per heavy atom. The van der Waals surface area contributed by atoms with Gasteiger partial charge in [0.25, 0.3) is 5.91 Å². The van der Waals surface area contributed by atoms with E-state index in [4.69, 9.17) is 26.4 Å². The minimum atomic E-state index is -0.860. The van der Waals surface area contributed by atoms with Gasteiger partial charge in [0.1, 0.15) is 18.4 Å². The van der Waals surface area contributed by atoms with E-state index in [-0.39, 0.29) is 30.7 Å². The molecule has 0 spiro atoms. The number of amides is 2. The molecule has 2 amide bonds. The molecule has 1 aromatic rings. The topological polar surface area (TPSA) is 106 Å². The lowest BCUT2D eigenvalue weighted by Crippen LogP contribution is -2.60. The fourth-order valence-electron chi connectivity index (χ4n) is 2.87. The molecule has 1 atom stereocenters. The van der Waals surface area contributed by atoms with Gasteiger partial charge < -0.3 is 24.4 Å². The highest BCUT2D eigenvalue weighted by atomic mass is 32.1. The maximum atomic E-state index is 12.6. The Kier molecular flexibility index (Phi) is 9.49. The molecule has 1 unspecified atom stereocenters. The highest BCUT2D eigenvalue weighted by Gasteiger charge is 2.34. The number of esters is 1. The first-order chi connectivity index (χ1) is 14.5. The first-order valence-corrected chi connectivity index (χ1v) is 10.2. The van der Waals surface area contributed by atoms with Crippen LogP contribution in [0.15, 0.2) is 24.3 Å². The summed E-state index contributed by atoms with van der Waals surface area (Å²) >= 11 is 5.35. The molecule has 164 valence electrons. The van der Waals surface area contributed by atoms with Gasteiger partial charge in [-0.2, -0.15) is 0 Å². The van der Waals surface area contributed by atoms with Gasteiger partial charge in [-0.25, -0.2) is 0 Å². The van der Waals surface area contributed by atoms with E-state index < -0.39 is 17.9 Å². The minimum Gasteiger partial charge on any atom is -0.494 e. The van der Waals surface area contributed by atoms with Crippen LogP contribution in [0.3, 0.4) is 0 Å². The largest absolute Gasteiger partial charge is 0.494 e. The van der Waals surface area contributed by atoms with Crippen molar-refractivity contribution in [1.29, 1.82) is 0 Å². The van der Waals surface area contributed by atoms with Crippen LogP contribution in [-0.2, 0) is 19.1 Å². The van der Waals surface area contributed by atoms with Gasteiger partial charge in [0.15, 0.2) is 5.11 Å². The van der Waals surface area contributed by atoms with Crippen molar-refractivity contribution >= 4 is 35.1 Å². The van der Waals surface area contributed by atoms with E-state index in [1.165, 1.54) is 4.90 Å². The summed E-state index contributed by atoms with van der Waals surface area (Å²) < 4.78 is 15.6. The number of ether oxygens (including phenoxy) is 3. The Hall–Kier alpha value is -2.72. The number of nitrogens with zero attached hydrogens (tertiary/aromatic N) is 1. The van der Waals surface area contributed by atoms with Crippen LogP contribution in [0.2, 0.25) is 0 Å². The third kappa shape index (κ3) is 6.96. The van der Waals surface area contributed by atoms with Gasteiger partial charge in [0.2, 0.25) is 5.91 Å². The van der Waals surface area contributed by atoms with Crippen LogP contribution in [0, 0.1) is 0 Å². The molecule has 0 radical (unpaired) electrons. The van der Waals surface area contributed by atoms with Crippen molar-refractivity contribution in [2.75, 3.05) is 39.5 Å². The summed E-state index contributed by atoms with van der Waals surface area (Å²) in [7, 11) is 0. The molecule has 1 fully saturated rings. The predicted molar refractivity (Wildman–Crippen MR) is 113 cm³/mol. The number of carbonyl (C=O) groups excluding carboxylic acids is 3. The van der Waals surface area contributed by atoms with Crippen molar-refractivity contribution in [2.45, 2.75) is 26.3 Å². The van der Waals surface area contributed by atoms with Crippen LogP contribution >= 0.6 is 12.2 Å². The molecule has 0 aromatic heterocycles. The normalized spacial score (nSPS) is 15.9. The van der Waals surface area contributed by atoms with Gasteiger partial charge in [0, 0.05) is 25.3 Å². The van der Waals surface area contributed by atoms with Crippen molar-refractivity contribution in [1.82, 2.24) is 15.5 Å². The SMILES string of the molecule is CCOCCOC(=O)CC1C(=O)NCCN1C(=S)NC(=O)c1cccc(OCC)c1. The Morgan fingerprint density at radius 2 is 2.07 bits per heavy atom. The molecule has 1 saturated heterocycles. The number of hydrogen-bond donors (Lipinski definition) is 2. The highest BCUT2D eigenvalue weighted by molar-refractivity contribution is 7.80. The molecule has 1 aliphatic heterocycles. The standard InChI is InChI=1S/C20H27N3O6S/c1-3-27-10-11-29-17(24)13-16-19(26)21-8-9-23(16)20(30)22-18(25)14-6-5-7-15(12-14)28-4-2/h5-7,12,16H,3-4,8-11,13H2,1-2H3,(H,21,26)(H,22,25,30). The van der Waals surface area contributed by atoms with Crippen molar-refractivity contribution in [2.24, 2.45) is 0 Å². The second-order valence-corrected chi connectivity index (χ2v) is 6.73. The molecule has 30 heavy (non-hydrogen) atoms. The fourth-order valence-corrected chi connectivity index (χ4v) is 3.18. The number of benzene rings is 1. The molecule has 1 aromatic carbocycles. The van der Waals surface area contributed by atoms with Crippen molar-refractivity contribution in [3.8, 4) is 5.75 Å². The van der Waals surface area contributed by atoms with Gasteiger partial charge >= 0.3 is 5.97 Å². The van der Waals surface area contributed by atoms with Crippen molar-refractivity contribution in [3.05, 3.63) is 29.8 Å². The Labute approximate surface area is 181 Å². The lowest BCUT2D eigenvalue weighted by atomic mass is 10.1. The quantitative estimate of drug-likeness (QED) is 0.333. The van der Waals surface area contributed by atoms with Gasteiger partial charge in [-0.15, -0.1) is 0 Å². The summed E-state index contributed by atoms with van der Waals surface area (Å²) in [6.45, 7) is 5.81. The van der Waals surface area contributed by atoms with E-state index in [2.05, 4.69) is 10.6 Å². The van der Waals surface area contributed by atoms with E-state index >= 15 is 0 Å². The van der Waals surface area contributed by atoms with E-state index in [9.17, 15) is 14.4 Å². The number of hydrogen-bond acceptors (Lipinski definition) is 7. The summed E-state index contributed by atoms with van der Waals surface area (Å²) in [6, 6.07) is 5.84. The molecular formula is C20H27N3O6S. The number of piperazine rings is 1. The summed E-state index contributed by atoms with van der Waals surface area (Å²) in [5.74, 6) is -0.745. The minimum absolute atomic E-state index is 0.0729. The van der Waals surface area contributed by atoms with Crippen LogP contribution in [0.25, 0.3) is 0 Å². The Morgan fingerprint density at radius 3 is 2.80 bits per heavy atom. The molecule has 1 aliphatic rings. The number of nitrogens with one attached hydrogen (secondary N) is 2. The first-order valence-electron chi connectivity index (χ1n) is 9.82. The second-order valence-electron chi connectivity index (χ2n) is 6.34. The van der Waals surface area contributed by atoms with E-state index in [1.807, 2.05) is 13.8 Å². The average molecular weight is 438 g/mol. The Balaban J connectivity index is 1.99. The molecule has 1 heterocycles. The molecule has 2 rings (SSSR count). The fraction of sp³-hybridized carbons (Fsp3) is 0.500. The summed E-state index contributed by atoms with van der Waals surface area (Å²) in [5, 5.41) is 5.41. The second kappa shape index (κ2) is 12.1. The summed E-state index contributed by atoms with van der Waals surface area (Å²) in [6.07, 6.45) is -0.187. The number of thiocarbonyl (C=S) groups is 1. The van der Waals surface area contributed by atoms with E-state index in [1.54, 1.807) is 24.3 Å². The van der Waals surface area contributed by atoms with Gasteiger partial charge in [0.05, 0.1) is 19.6 Å². The zero-order valence-corrected chi connectivity index (χ0v) is 18.0. The maximum absolute atomic E-state index is 12.6. The van der Waals surface area contributed by atoms with E-state index in [0.29, 0.717) is 37.6 Å². The molecule has 0 bridgehead atoms. The third-order valence-corrected chi connectivity index (χ3v) is 4.61. The molecule has 10 heteroatoms. The Bertz CT molecular complexity index is 773. The average Bonchev–Trinajstić information content (AvgIpc) is 2.73. The number of carbonyl (C=O) groups is 3. The van der Waals surface area contributed by atoms with Crippen molar-refractivity contribution in [3.63, 3.8) is 0 Å². The highest BCUT2D eigenvalue weighted by Crippen LogP contribution is 2.14. The van der Waals surface area contributed by atoms with Crippen LogP contribution in [0.5, 0.6) is 5.75 Å². The predicted octanol–water partition coefficient (Wildman–Crippen LogP) is 0.870. The monoisotopic (exact) mass is 437 g/mol. The van der Waals surface area contributed by atoms with E-state index in [0.717, 1.165) is 0 Å². The van der Waals surface area contributed by atoms with Crippen LogP contribution in [0.1, 0.15) is 30.6 Å². The van der Waals surface area contributed by atoms with Gasteiger partial charge in [-0.05, 0) is 44.3 Å². The summed E-state index contributed by atoms with van der Waals surface area (Å²) in [4.78, 5) is 38.5. The van der Waals surface area contributed by atoms with Crippen LogP contribution in [0.4, 0.5) is 0 Å². The van der Waals surface area contributed by atoms with Gasteiger partial charge in [-0.3, -0.25) is 19.7 Å². The molecule has 0 saturated carbocycles. The maximum Gasteiger partial charge on any atom is 0.308 e.